The van der Waals surface area contributed by atoms with Crippen LogP contribution in [0.4, 0.5) is 0 Å². The smallest absolute Gasteiger partial charge is 0.401 e. The van der Waals surface area contributed by atoms with Gasteiger partial charge in [-0.15, -0.1) is 0 Å². The van der Waals surface area contributed by atoms with E-state index < -0.39 is 7.32 Å². The van der Waals surface area contributed by atoms with Gasteiger partial charge in [-0.05, 0) is 27.7 Å². The number of hydroxylamine groups is 2. The molecular formula is C6H16BNO3. The Kier molecular flexibility index (Phi) is 4.68. The first-order chi connectivity index (χ1) is 4.95. The van der Waals surface area contributed by atoms with Gasteiger partial charge in [0.1, 0.15) is 0 Å². The van der Waals surface area contributed by atoms with Crippen molar-refractivity contribution in [3.63, 3.8) is 0 Å². The number of rotatable bonds is 4. The molecule has 66 valence electrons. The molecule has 0 unspecified atom stereocenters. The summed E-state index contributed by atoms with van der Waals surface area (Å²) in [6.45, 7) is 7.68. The largest absolute Gasteiger partial charge is 0.651 e. The van der Waals surface area contributed by atoms with Gasteiger partial charge in [0.15, 0.2) is 0 Å². The Labute approximate surface area is 67.9 Å². The van der Waals surface area contributed by atoms with E-state index in [2.05, 4.69) is 0 Å². The first-order valence-electron chi connectivity index (χ1n) is 3.76. The van der Waals surface area contributed by atoms with Crippen molar-refractivity contribution in [3.05, 3.63) is 0 Å². The van der Waals surface area contributed by atoms with E-state index in [0.29, 0.717) is 0 Å². The van der Waals surface area contributed by atoms with Crippen molar-refractivity contribution in [3.8, 4) is 0 Å². The molecule has 0 atom stereocenters. The van der Waals surface area contributed by atoms with Gasteiger partial charge in [-0.25, -0.2) is 0 Å². The summed E-state index contributed by atoms with van der Waals surface area (Å²) in [5.74, 6) is 0. The van der Waals surface area contributed by atoms with E-state index in [1.165, 1.54) is 5.06 Å². The Morgan fingerprint density at radius 1 is 1.09 bits per heavy atom. The second kappa shape index (κ2) is 4.72. The van der Waals surface area contributed by atoms with Gasteiger partial charge >= 0.3 is 7.32 Å². The van der Waals surface area contributed by atoms with E-state index in [-0.39, 0.29) is 12.1 Å². The molecule has 0 aliphatic rings. The van der Waals surface area contributed by atoms with Crippen LogP contribution in [0, 0.1) is 0 Å². The minimum absolute atomic E-state index is 0.136. The van der Waals surface area contributed by atoms with E-state index in [0.717, 1.165) is 0 Å². The molecule has 0 bridgehead atoms. The van der Waals surface area contributed by atoms with Crippen LogP contribution in [0.5, 0.6) is 0 Å². The maximum Gasteiger partial charge on any atom is 0.651 e. The molecular weight excluding hydrogens is 145 g/mol. The lowest BCUT2D eigenvalue weighted by atomic mass is 10.2. The lowest BCUT2D eigenvalue weighted by Crippen LogP contribution is -2.41. The minimum atomic E-state index is -1.72. The number of hydrogen-bond acceptors (Lipinski definition) is 4. The zero-order chi connectivity index (χ0) is 9.02. The monoisotopic (exact) mass is 161 g/mol. The summed E-state index contributed by atoms with van der Waals surface area (Å²) in [6.07, 6.45) is 0. The van der Waals surface area contributed by atoms with E-state index in [4.69, 9.17) is 14.8 Å². The molecule has 0 spiro atoms. The summed E-state index contributed by atoms with van der Waals surface area (Å²) in [6, 6.07) is 0.272. The average Bonchev–Trinajstić information content (AvgIpc) is 1.81. The van der Waals surface area contributed by atoms with E-state index in [1.54, 1.807) is 0 Å². The first kappa shape index (κ1) is 10.9. The van der Waals surface area contributed by atoms with Crippen LogP contribution in [-0.4, -0.2) is 34.5 Å². The van der Waals surface area contributed by atoms with Gasteiger partial charge in [0.25, 0.3) is 0 Å². The quantitative estimate of drug-likeness (QED) is 0.450. The van der Waals surface area contributed by atoms with E-state index >= 15 is 0 Å². The summed E-state index contributed by atoms with van der Waals surface area (Å²) >= 11 is 0. The molecule has 0 aromatic rings. The van der Waals surface area contributed by atoms with E-state index in [9.17, 15) is 0 Å². The molecule has 2 N–H and O–H groups in total. The first-order valence-corrected chi connectivity index (χ1v) is 3.76. The molecule has 0 radical (unpaired) electrons. The van der Waals surface area contributed by atoms with Crippen molar-refractivity contribution >= 4 is 7.32 Å². The lowest BCUT2D eigenvalue weighted by Gasteiger charge is -2.29. The molecule has 0 fully saturated rings. The molecule has 4 nitrogen and oxygen atoms in total. The Hall–Kier alpha value is -0.0951. The molecule has 0 saturated carbocycles. The normalized spacial score (nSPS) is 11.7. The van der Waals surface area contributed by atoms with Crippen molar-refractivity contribution in [2.24, 2.45) is 0 Å². The van der Waals surface area contributed by atoms with Gasteiger partial charge in [0.05, 0.1) is 0 Å². The number of nitrogens with zero attached hydrogens (tertiary/aromatic N) is 1. The predicted octanol–water partition coefficient (Wildman–Crippen LogP) is 0.00630. The van der Waals surface area contributed by atoms with Crippen molar-refractivity contribution in [2.75, 3.05) is 0 Å². The highest BCUT2D eigenvalue weighted by molar-refractivity contribution is 6.32. The third-order valence-electron chi connectivity index (χ3n) is 1.23. The van der Waals surface area contributed by atoms with Crippen molar-refractivity contribution in [2.45, 2.75) is 39.8 Å². The predicted molar refractivity (Wildman–Crippen MR) is 43.4 cm³/mol. The van der Waals surface area contributed by atoms with E-state index in [1.807, 2.05) is 27.7 Å². The van der Waals surface area contributed by atoms with Crippen LogP contribution in [0.15, 0.2) is 0 Å². The maximum atomic E-state index is 8.51. The fourth-order valence-corrected chi connectivity index (χ4v) is 0.949. The Morgan fingerprint density at radius 2 is 1.45 bits per heavy atom. The van der Waals surface area contributed by atoms with Crippen LogP contribution in [0.1, 0.15) is 27.7 Å². The highest BCUT2D eigenvalue weighted by atomic mass is 16.7. The molecule has 0 aromatic heterocycles. The van der Waals surface area contributed by atoms with Gasteiger partial charge in [-0.3, -0.25) is 4.76 Å². The molecule has 0 aromatic carbocycles. The SMILES string of the molecule is CC(C)N(OB(O)O)C(C)C. The summed E-state index contributed by atoms with van der Waals surface area (Å²) in [7, 11) is -1.72. The molecule has 11 heavy (non-hydrogen) atoms. The summed E-state index contributed by atoms with van der Waals surface area (Å²) in [5, 5.41) is 18.6. The third kappa shape index (κ3) is 4.37. The molecule has 0 heterocycles. The highest BCUT2D eigenvalue weighted by Crippen LogP contribution is 2.05. The van der Waals surface area contributed by atoms with Crippen LogP contribution in [0.3, 0.4) is 0 Å². The van der Waals surface area contributed by atoms with Crippen LogP contribution < -0.4 is 0 Å². The molecule has 0 aliphatic heterocycles. The molecule has 0 amide bonds. The third-order valence-corrected chi connectivity index (χ3v) is 1.23. The lowest BCUT2D eigenvalue weighted by molar-refractivity contribution is -0.141. The number of hydrogen-bond donors (Lipinski definition) is 2. The fraction of sp³-hybridized carbons (Fsp3) is 1.00. The highest BCUT2D eigenvalue weighted by Gasteiger charge is 2.20. The zero-order valence-electron chi connectivity index (χ0n) is 7.48. The van der Waals surface area contributed by atoms with Gasteiger partial charge < -0.3 is 10.0 Å². The van der Waals surface area contributed by atoms with Crippen LogP contribution in [-0.2, 0) is 4.76 Å². The molecule has 0 rings (SSSR count). The second-order valence-electron chi connectivity index (χ2n) is 2.98. The van der Waals surface area contributed by atoms with Crippen molar-refractivity contribution in [1.82, 2.24) is 5.06 Å². The zero-order valence-corrected chi connectivity index (χ0v) is 7.48. The maximum absolute atomic E-state index is 8.51. The fourth-order valence-electron chi connectivity index (χ4n) is 0.949. The topological polar surface area (TPSA) is 52.9 Å². The summed E-state index contributed by atoms with van der Waals surface area (Å²) in [5.41, 5.74) is 0. The van der Waals surface area contributed by atoms with Crippen LogP contribution in [0.25, 0.3) is 0 Å². The summed E-state index contributed by atoms with van der Waals surface area (Å²) < 4.78 is 4.72. The van der Waals surface area contributed by atoms with Gasteiger partial charge in [0.2, 0.25) is 0 Å². The second-order valence-corrected chi connectivity index (χ2v) is 2.98. The molecule has 0 aliphatic carbocycles. The minimum Gasteiger partial charge on any atom is -0.401 e. The Bertz CT molecular complexity index is 100. The van der Waals surface area contributed by atoms with Gasteiger partial charge in [0, 0.05) is 12.1 Å². The van der Waals surface area contributed by atoms with Crippen LogP contribution >= 0.6 is 0 Å². The van der Waals surface area contributed by atoms with Gasteiger partial charge in [-0.1, -0.05) is 0 Å². The molecule has 5 heteroatoms. The van der Waals surface area contributed by atoms with Crippen molar-refractivity contribution < 1.29 is 14.8 Å². The van der Waals surface area contributed by atoms with Crippen LogP contribution in [0.2, 0.25) is 0 Å². The average molecular weight is 161 g/mol. The standard InChI is InChI=1S/C6H16BNO3/c1-5(2)8(6(3)4)11-7(9)10/h5-6,9-10H,1-4H3. The Balaban J connectivity index is 3.90. The molecule has 0 saturated heterocycles. The van der Waals surface area contributed by atoms with Crippen molar-refractivity contribution in [1.29, 1.82) is 0 Å². The summed E-state index contributed by atoms with van der Waals surface area (Å²) in [4.78, 5) is 0. The Morgan fingerprint density at radius 3 is 1.55 bits per heavy atom. The van der Waals surface area contributed by atoms with Gasteiger partial charge in [-0.2, -0.15) is 5.06 Å².